The molecule has 1 aliphatic rings. The number of benzene rings is 2. The molecule has 24 heavy (non-hydrogen) atoms. The average molecular weight is 341 g/mol. The van der Waals surface area contributed by atoms with Gasteiger partial charge in [-0.05, 0) is 42.7 Å². The van der Waals surface area contributed by atoms with E-state index in [2.05, 4.69) is 12.1 Å². The molecule has 0 heterocycles. The normalized spacial score (nSPS) is 13.5. The molecule has 1 saturated carbocycles. The third-order valence-electron chi connectivity index (χ3n) is 3.90. The van der Waals surface area contributed by atoms with Gasteiger partial charge in [0, 0.05) is 22.3 Å². The largest absolute Gasteiger partial charge is 0.480 e. The van der Waals surface area contributed by atoms with E-state index in [9.17, 15) is 9.59 Å². The van der Waals surface area contributed by atoms with Crippen LogP contribution in [-0.4, -0.2) is 34.5 Å². The van der Waals surface area contributed by atoms with Crippen LogP contribution in [0.15, 0.2) is 59.5 Å². The third-order valence-corrected chi connectivity index (χ3v) is 4.99. The number of nitrogens with zero attached hydrogens (tertiary/aromatic N) is 1. The Kier molecular flexibility index (Phi) is 5.20. The molecular weight excluding hydrogens is 322 g/mol. The van der Waals surface area contributed by atoms with Gasteiger partial charge >= 0.3 is 5.97 Å². The second-order valence-corrected chi connectivity index (χ2v) is 6.91. The average Bonchev–Trinajstić information content (AvgIpc) is 3.43. The molecule has 0 unspecified atom stereocenters. The fourth-order valence-electron chi connectivity index (χ4n) is 2.50. The Balaban J connectivity index is 1.62. The molecule has 0 aliphatic heterocycles. The number of carbonyl (C=O) groups is 2. The van der Waals surface area contributed by atoms with Crippen molar-refractivity contribution in [3.05, 3.63) is 65.7 Å². The Bertz CT molecular complexity index is 711. The van der Waals surface area contributed by atoms with Crippen LogP contribution in [0.5, 0.6) is 0 Å². The molecule has 2 aromatic rings. The number of aliphatic carboxylic acids is 1. The first-order valence-electron chi connectivity index (χ1n) is 7.93. The summed E-state index contributed by atoms with van der Waals surface area (Å²) in [6, 6.07) is 17.7. The Hall–Kier alpha value is -2.27. The van der Waals surface area contributed by atoms with Crippen molar-refractivity contribution in [2.75, 3.05) is 6.54 Å². The van der Waals surface area contributed by atoms with Crippen molar-refractivity contribution in [2.24, 2.45) is 0 Å². The van der Waals surface area contributed by atoms with Crippen molar-refractivity contribution in [3.8, 4) is 0 Å². The van der Waals surface area contributed by atoms with Crippen LogP contribution in [0.1, 0.15) is 28.8 Å². The Morgan fingerprint density at radius 2 is 1.71 bits per heavy atom. The van der Waals surface area contributed by atoms with Gasteiger partial charge in [0.1, 0.15) is 6.54 Å². The van der Waals surface area contributed by atoms with E-state index in [1.165, 1.54) is 10.5 Å². The van der Waals surface area contributed by atoms with Gasteiger partial charge in [-0.1, -0.05) is 30.3 Å². The van der Waals surface area contributed by atoms with Crippen LogP contribution in [0, 0.1) is 0 Å². The highest BCUT2D eigenvalue weighted by atomic mass is 32.2. The molecule has 1 aliphatic carbocycles. The van der Waals surface area contributed by atoms with Crippen molar-refractivity contribution >= 4 is 23.6 Å². The molecule has 1 fully saturated rings. The molecule has 5 heteroatoms. The molecule has 1 amide bonds. The lowest BCUT2D eigenvalue weighted by molar-refractivity contribution is -0.137. The van der Waals surface area contributed by atoms with Crippen molar-refractivity contribution in [1.29, 1.82) is 0 Å². The summed E-state index contributed by atoms with van der Waals surface area (Å²) in [6.45, 7) is -0.228. The van der Waals surface area contributed by atoms with Gasteiger partial charge in [0.05, 0.1) is 0 Å². The molecule has 4 nitrogen and oxygen atoms in total. The quantitative estimate of drug-likeness (QED) is 0.781. The first-order chi connectivity index (χ1) is 11.6. The van der Waals surface area contributed by atoms with Crippen molar-refractivity contribution in [2.45, 2.75) is 29.5 Å². The summed E-state index contributed by atoms with van der Waals surface area (Å²) >= 11 is 1.71. The van der Waals surface area contributed by atoms with E-state index >= 15 is 0 Å². The molecule has 3 rings (SSSR count). The van der Waals surface area contributed by atoms with Crippen LogP contribution < -0.4 is 0 Å². The predicted molar refractivity (Wildman–Crippen MR) is 94.1 cm³/mol. The Morgan fingerprint density at radius 1 is 1.04 bits per heavy atom. The van der Waals surface area contributed by atoms with E-state index < -0.39 is 5.97 Å². The lowest BCUT2D eigenvalue weighted by Crippen LogP contribution is -2.37. The molecule has 0 radical (unpaired) electrons. The van der Waals surface area contributed by atoms with Gasteiger partial charge in [-0.25, -0.2) is 0 Å². The molecule has 2 aromatic carbocycles. The van der Waals surface area contributed by atoms with Gasteiger partial charge in [-0.3, -0.25) is 9.59 Å². The fraction of sp³-hybridized carbons (Fsp3) is 0.263. The first kappa shape index (κ1) is 16.6. The van der Waals surface area contributed by atoms with Crippen molar-refractivity contribution in [3.63, 3.8) is 0 Å². The third kappa shape index (κ3) is 4.38. The van der Waals surface area contributed by atoms with E-state index in [0.717, 1.165) is 23.5 Å². The zero-order valence-electron chi connectivity index (χ0n) is 13.2. The maximum atomic E-state index is 12.5. The summed E-state index contributed by atoms with van der Waals surface area (Å²) in [5.41, 5.74) is 1.80. The highest BCUT2D eigenvalue weighted by molar-refractivity contribution is 7.98. The summed E-state index contributed by atoms with van der Waals surface area (Å²) < 4.78 is 0. The number of rotatable bonds is 7. The number of amides is 1. The van der Waals surface area contributed by atoms with E-state index in [1.54, 1.807) is 23.9 Å². The minimum Gasteiger partial charge on any atom is -0.480 e. The molecule has 0 spiro atoms. The van der Waals surface area contributed by atoms with E-state index in [-0.39, 0.29) is 18.5 Å². The molecule has 124 valence electrons. The Morgan fingerprint density at radius 3 is 2.29 bits per heavy atom. The van der Waals surface area contributed by atoms with E-state index in [1.807, 2.05) is 30.3 Å². The number of carbonyl (C=O) groups excluding carboxylic acids is 1. The van der Waals surface area contributed by atoms with E-state index in [4.69, 9.17) is 5.11 Å². The topological polar surface area (TPSA) is 57.6 Å². The van der Waals surface area contributed by atoms with Crippen LogP contribution in [-0.2, 0) is 10.5 Å². The van der Waals surface area contributed by atoms with Gasteiger partial charge in [0.15, 0.2) is 0 Å². The number of hydrogen-bond acceptors (Lipinski definition) is 3. The standard InChI is InChI=1S/C19H19NO3S/c21-18(22)12-20(16-8-9-16)19(23)15-6-10-17(11-7-15)24-13-14-4-2-1-3-5-14/h1-7,10-11,16H,8-9,12-13H2,(H,21,22). The van der Waals surface area contributed by atoms with Crippen LogP contribution in [0.25, 0.3) is 0 Å². The lowest BCUT2D eigenvalue weighted by Gasteiger charge is -2.20. The fourth-order valence-corrected chi connectivity index (χ4v) is 3.35. The molecule has 0 aromatic heterocycles. The monoisotopic (exact) mass is 341 g/mol. The van der Waals surface area contributed by atoms with Crippen LogP contribution >= 0.6 is 11.8 Å². The number of thioether (sulfide) groups is 1. The van der Waals surface area contributed by atoms with Crippen LogP contribution in [0.2, 0.25) is 0 Å². The lowest BCUT2D eigenvalue weighted by atomic mass is 10.2. The van der Waals surface area contributed by atoms with Crippen LogP contribution in [0.4, 0.5) is 0 Å². The van der Waals surface area contributed by atoms with Crippen molar-refractivity contribution in [1.82, 2.24) is 4.90 Å². The smallest absolute Gasteiger partial charge is 0.323 e. The van der Waals surface area contributed by atoms with Crippen LogP contribution in [0.3, 0.4) is 0 Å². The maximum absolute atomic E-state index is 12.5. The van der Waals surface area contributed by atoms with Gasteiger partial charge in [0.25, 0.3) is 5.91 Å². The number of carboxylic acid groups (broad SMARTS) is 1. The number of hydrogen-bond donors (Lipinski definition) is 1. The summed E-state index contributed by atoms with van der Waals surface area (Å²) in [5, 5.41) is 8.98. The summed E-state index contributed by atoms with van der Waals surface area (Å²) in [7, 11) is 0. The summed E-state index contributed by atoms with van der Waals surface area (Å²) in [6.07, 6.45) is 1.79. The zero-order valence-corrected chi connectivity index (χ0v) is 14.0. The highest BCUT2D eigenvalue weighted by Crippen LogP contribution is 2.29. The maximum Gasteiger partial charge on any atom is 0.323 e. The molecule has 0 saturated heterocycles. The summed E-state index contributed by atoms with van der Waals surface area (Å²) in [5.74, 6) is -0.286. The van der Waals surface area contributed by atoms with Crippen molar-refractivity contribution < 1.29 is 14.7 Å². The predicted octanol–water partition coefficient (Wildman–Crippen LogP) is 3.67. The second-order valence-electron chi connectivity index (χ2n) is 5.86. The van der Waals surface area contributed by atoms with Gasteiger partial charge in [-0.15, -0.1) is 11.8 Å². The molecular formula is C19H19NO3S. The van der Waals surface area contributed by atoms with Gasteiger partial charge in [-0.2, -0.15) is 0 Å². The van der Waals surface area contributed by atoms with E-state index in [0.29, 0.717) is 5.56 Å². The molecule has 0 atom stereocenters. The first-order valence-corrected chi connectivity index (χ1v) is 8.91. The molecule has 0 bridgehead atoms. The SMILES string of the molecule is O=C(O)CN(C(=O)c1ccc(SCc2ccccc2)cc1)C1CC1. The minimum absolute atomic E-state index is 0.0840. The zero-order chi connectivity index (χ0) is 16.9. The number of carboxylic acids is 1. The van der Waals surface area contributed by atoms with Gasteiger partial charge in [0.2, 0.25) is 0 Å². The minimum atomic E-state index is -0.967. The Labute approximate surface area is 145 Å². The summed E-state index contributed by atoms with van der Waals surface area (Å²) in [4.78, 5) is 26.0. The highest BCUT2D eigenvalue weighted by Gasteiger charge is 2.34. The molecule has 1 N–H and O–H groups in total. The second kappa shape index (κ2) is 7.53. The van der Waals surface area contributed by atoms with Gasteiger partial charge < -0.3 is 10.0 Å².